The van der Waals surface area contributed by atoms with Crippen LogP contribution in [0, 0.1) is 0 Å². The predicted octanol–water partition coefficient (Wildman–Crippen LogP) is 4.00. The molecule has 2 N–H and O–H groups in total. The monoisotopic (exact) mass is 362 g/mol. The van der Waals surface area contributed by atoms with Gasteiger partial charge in [-0.2, -0.15) is 0 Å². The Morgan fingerprint density at radius 3 is 2.90 bits per heavy atom. The maximum atomic E-state index is 12.1. The lowest BCUT2D eigenvalue weighted by Crippen LogP contribution is -2.05. The molecule has 0 atom stereocenters. The Labute approximate surface area is 133 Å². The molecule has 0 bridgehead atoms. The lowest BCUT2D eigenvalue weighted by Gasteiger charge is -2.06. The Kier molecular flexibility index (Phi) is 3.90. The van der Waals surface area contributed by atoms with Crippen molar-refractivity contribution in [2.24, 2.45) is 0 Å². The Bertz CT molecular complexity index is 816. The van der Waals surface area contributed by atoms with Crippen molar-refractivity contribution in [3.63, 3.8) is 0 Å². The highest BCUT2D eigenvalue weighted by Crippen LogP contribution is 2.25. The van der Waals surface area contributed by atoms with Gasteiger partial charge in [0.2, 0.25) is 0 Å². The van der Waals surface area contributed by atoms with Gasteiger partial charge in [0, 0.05) is 10.0 Å². The summed E-state index contributed by atoms with van der Waals surface area (Å²) in [4.78, 5) is 16.3. The van der Waals surface area contributed by atoms with Crippen molar-refractivity contribution in [2.75, 3.05) is 5.73 Å². The molecule has 4 nitrogen and oxygen atoms in total. The fraction of sp³-hybridized carbons (Fsp3) is 0.0667. The fourth-order valence-electron chi connectivity index (χ4n) is 1.91. The first-order valence-electron chi connectivity index (χ1n) is 6.20. The average molecular weight is 363 g/mol. The van der Waals surface area contributed by atoms with E-state index in [1.54, 1.807) is 18.2 Å². The molecule has 0 fully saturated rings. The molecule has 0 saturated heterocycles. The Hall–Kier alpha value is -1.92. The summed E-state index contributed by atoms with van der Waals surface area (Å²) < 4.78 is 7.13. The largest absolute Gasteiger partial charge is 0.457 e. The molecule has 0 aliphatic rings. The standard InChI is InChI=1S/C15H11BrN2O2S/c16-11-4-2-1-3-10(11)8-20-14(19)9-5-6-12-13(7-9)21-15(17)18-12/h1-7H,8H2,(H2,17,18). The Morgan fingerprint density at radius 2 is 2.10 bits per heavy atom. The summed E-state index contributed by atoms with van der Waals surface area (Å²) in [6.45, 7) is 0.225. The first-order valence-corrected chi connectivity index (χ1v) is 7.81. The number of anilines is 1. The van der Waals surface area contributed by atoms with Gasteiger partial charge in [-0.25, -0.2) is 9.78 Å². The summed E-state index contributed by atoms with van der Waals surface area (Å²) >= 11 is 4.78. The van der Waals surface area contributed by atoms with Crippen LogP contribution in [0.15, 0.2) is 46.9 Å². The van der Waals surface area contributed by atoms with Gasteiger partial charge < -0.3 is 10.5 Å². The number of aromatic nitrogens is 1. The molecule has 6 heteroatoms. The molecule has 0 unspecified atom stereocenters. The topological polar surface area (TPSA) is 65.2 Å². The predicted molar refractivity (Wildman–Crippen MR) is 87.3 cm³/mol. The highest BCUT2D eigenvalue weighted by atomic mass is 79.9. The van der Waals surface area contributed by atoms with Gasteiger partial charge in [0.1, 0.15) is 6.61 Å². The van der Waals surface area contributed by atoms with Crippen molar-refractivity contribution in [1.29, 1.82) is 0 Å². The number of nitrogens with two attached hydrogens (primary N) is 1. The van der Waals surface area contributed by atoms with Crippen LogP contribution in [0.3, 0.4) is 0 Å². The quantitative estimate of drug-likeness (QED) is 0.715. The highest BCUT2D eigenvalue weighted by Gasteiger charge is 2.11. The maximum absolute atomic E-state index is 12.1. The van der Waals surface area contributed by atoms with Gasteiger partial charge in [-0.15, -0.1) is 0 Å². The van der Waals surface area contributed by atoms with E-state index in [0.717, 1.165) is 20.3 Å². The average Bonchev–Trinajstić information content (AvgIpc) is 2.85. The third kappa shape index (κ3) is 3.06. The van der Waals surface area contributed by atoms with Crippen LogP contribution in [0.4, 0.5) is 5.13 Å². The van der Waals surface area contributed by atoms with Gasteiger partial charge >= 0.3 is 5.97 Å². The molecule has 0 amide bonds. The minimum Gasteiger partial charge on any atom is -0.457 e. The molecule has 21 heavy (non-hydrogen) atoms. The number of fused-ring (bicyclic) bond motifs is 1. The van der Waals surface area contributed by atoms with E-state index in [1.165, 1.54) is 11.3 Å². The second kappa shape index (κ2) is 5.83. The smallest absolute Gasteiger partial charge is 0.338 e. The zero-order valence-corrected chi connectivity index (χ0v) is 13.3. The van der Waals surface area contributed by atoms with Crippen LogP contribution in [0.1, 0.15) is 15.9 Å². The van der Waals surface area contributed by atoms with Crippen LogP contribution in [0.25, 0.3) is 10.2 Å². The van der Waals surface area contributed by atoms with E-state index in [4.69, 9.17) is 10.5 Å². The number of nitrogen functional groups attached to an aromatic ring is 1. The van der Waals surface area contributed by atoms with Crippen LogP contribution in [0.2, 0.25) is 0 Å². The summed E-state index contributed by atoms with van der Waals surface area (Å²) in [5, 5.41) is 0.490. The van der Waals surface area contributed by atoms with E-state index in [0.29, 0.717) is 10.7 Å². The normalized spacial score (nSPS) is 10.7. The van der Waals surface area contributed by atoms with Crippen LogP contribution >= 0.6 is 27.3 Å². The first-order chi connectivity index (χ1) is 10.1. The number of hydrogen-bond acceptors (Lipinski definition) is 5. The number of halogens is 1. The van der Waals surface area contributed by atoms with Gasteiger partial charge in [-0.3, -0.25) is 0 Å². The molecule has 0 aliphatic carbocycles. The molecule has 0 radical (unpaired) electrons. The van der Waals surface area contributed by atoms with E-state index in [9.17, 15) is 4.79 Å². The molecule has 1 heterocycles. The zero-order valence-electron chi connectivity index (χ0n) is 10.9. The van der Waals surface area contributed by atoms with Crippen molar-refractivity contribution in [3.8, 4) is 0 Å². The summed E-state index contributed by atoms with van der Waals surface area (Å²) in [5.41, 5.74) is 7.87. The highest BCUT2D eigenvalue weighted by molar-refractivity contribution is 9.10. The number of carbonyl (C=O) groups excluding carboxylic acids is 1. The SMILES string of the molecule is Nc1nc2ccc(C(=O)OCc3ccccc3Br)cc2s1. The maximum Gasteiger partial charge on any atom is 0.338 e. The number of rotatable bonds is 3. The summed E-state index contributed by atoms with van der Waals surface area (Å²) in [6.07, 6.45) is 0. The summed E-state index contributed by atoms with van der Waals surface area (Å²) in [7, 11) is 0. The van der Waals surface area contributed by atoms with Gasteiger partial charge in [0.05, 0.1) is 15.8 Å². The molecule has 106 valence electrons. The number of thiazole rings is 1. The molecule has 3 rings (SSSR count). The third-order valence-corrected chi connectivity index (χ3v) is 4.58. The minimum atomic E-state index is -0.361. The van der Waals surface area contributed by atoms with E-state index in [1.807, 2.05) is 24.3 Å². The van der Waals surface area contributed by atoms with E-state index >= 15 is 0 Å². The van der Waals surface area contributed by atoms with Gasteiger partial charge in [-0.05, 0) is 24.3 Å². The number of ether oxygens (including phenoxy) is 1. The molecule has 2 aromatic carbocycles. The minimum absolute atomic E-state index is 0.225. The van der Waals surface area contributed by atoms with Crippen molar-refractivity contribution in [1.82, 2.24) is 4.98 Å². The van der Waals surface area contributed by atoms with Crippen molar-refractivity contribution in [2.45, 2.75) is 6.61 Å². The van der Waals surface area contributed by atoms with E-state index < -0.39 is 0 Å². The molecular weight excluding hydrogens is 352 g/mol. The molecule has 0 spiro atoms. The Morgan fingerprint density at radius 1 is 1.29 bits per heavy atom. The second-order valence-corrected chi connectivity index (χ2v) is 6.32. The van der Waals surface area contributed by atoms with Crippen LogP contribution in [-0.2, 0) is 11.3 Å². The molecule has 0 aliphatic heterocycles. The second-order valence-electron chi connectivity index (χ2n) is 4.40. The number of hydrogen-bond donors (Lipinski definition) is 1. The van der Waals surface area contributed by atoms with Gasteiger partial charge in [0.15, 0.2) is 5.13 Å². The number of nitrogens with zero attached hydrogens (tertiary/aromatic N) is 1. The number of esters is 1. The third-order valence-electron chi connectivity index (χ3n) is 2.96. The molecular formula is C15H11BrN2O2S. The summed E-state index contributed by atoms with van der Waals surface area (Å²) in [5.74, 6) is -0.361. The summed E-state index contributed by atoms with van der Waals surface area (Å²) in [6, 6.07) is 12.9. The van der Waals surface area contributed by atoms with Crippen molar-refractivity contribution >= 4 is 48.6 Å². The number of carbonyl (C=O) groups is 1. The Balaban J connectivity index is 1.76. The van der Waals surface area contributed by atoms with Crippen LogP contribution in [0.5, 0.6) is 0 Å². The van der Waals surface area contributed by atoms with Gasteiger partial charge in [-0.1, -0.05) is 45.5 Å². The van der Waals surface area contributed by atoms with E-state index in [2.05, 4.69) is 20.9 Å². The lowest BCUT2D eigenvalue weighted by molar-refractivity contribution is 0.0472. The molecule has 3 aromatic rings. The molecule has 0 saturated carbocycles. The molecule has 1 aromatic heterocycles. The first kappa shape index (κ1) is 14.0. The zero-order chi connectivity index (χ0) is 14.8. The fourth-order valence-corrected chi connectivity index (χ4v) is 3.08. The van der Waals surface area contributed by atoms with Crippen LogP contribution in [-0.4, -0.2) is 11.0 Å². The van der Waals surface area contributed by atoms with Gasteiger partial charge in [0.25, 0.3) is 0 Å². The van der Waals surface area contributed by atoms with E-state index in [-0.39, 0.29) is 12.6 Å². The van der Waals surface area contributed by atoms with Crippen LogP contribution < -0.4 is 5.73 Å². The van der Waals surface area contributed by atoms with Crippen molar-refractivity contribution < 1.29 is 9.53 Å². The lowest BCUT2D eigenvalue weighted by atomic mass is 10.2. The number of benzene rings is 2. The van der Waals surface area contributed by atoms with Crippen molar-refractivity contribution in [3.05, 3.63) is 58.1 Å².